The Morgan fingerprint density at radius 2 is 1.92 bits per heavy atom. The molecule has 2 aliphatic rings. The summed E-state index contributed by atoms with van der Waals surface area (Å²) in [6.45, 7) is 3.21. The van der Waals surface area contributed by atoms with Gasteiger partial charge in [-0.05, 0) is 12.8 Å². The van der Waals surface area contributed by atoms with Crippen LogP contribution in [0.4, 0.5) is 4.79 Å². The molecule has 2 fully saturated rings. The van der Waals surface area contributed by atoms with Gasteiger partial charge >= 0.3 is 6.03 Å². The van der Waals surface area contributed by atoms with Crippen LogP contribution in [0.2, 0.25) is 0 Å². The zero-order valence-corrected chi connectivity index (χ0v) is 13.4. The second-order valence-corrected chi connectivity index (χ2v) is 6.06. The lowest BCUT2D eigenvalue weighted by Crippen LogP contribution is -2.47. The average molecular weight is 328 g/mol. The molecule has 1 aromatic carbocycles. The Bertz CT molecular complexity index is 697. The van der Waals surface area contributed by atoms with Crippen LogP contribution in [0, 0.1) is 0 Å². The van der Waals surface area contributed by atoms with Crippen molar-refractivity contribution in [3.63, 3.8) is 0 Å². The van der Waals surface area contributed by atoms with Gasteiger partial charge in [0.2, 0.25) is 11.7 Å². The number of morpholine rings is 1. The van der Waals surface area contributed by atoms with Crippen LogP contribution in [0.1, 0.15) is 24.8 Å². The van der Waals surface area contributed by atoms with Crippen LogP contribution in [0.5, 0.6) is 0 Å². The summed E-state index contributed by atoms with van der Waals surface area (Å²) < 4.78 is 10.8. The molecule has 4 rings (SSSR count). The molecule has 2 amide bonds. The van der Waals surface area contributed by atoms with Gasteiger partial charge in [-0.2, -0.15) is 4.98 Å². The minimum atomic E-state index is -0.134. The van der Waals surface area contributed by atoms with Gasteiger partial charge in [-0.25, -0.2) is 4.79 Å². The molecule has 2 aliphatic heterocycles. The molecule has 2 saturated heterocycles. The zero-order chi connectivity index (χ0) is 16.4. The van der Waals surface area contributed by atoms with Crippen molar-refractivity contribution in [2.24, 2.45) is 0 Å². The lowest BCUT2D eigenvalue weighted by molar-refractivity contribution is 0.0410. The van der Waals surface area contributed by atoms with Gasteiger partial charge in [-0.3, -0.25) is 0 Å². The van der Waals surface area contributed by atoms with E-state index in [2.05, 4.69) is 10.1 Å². The Balaban J connectivity index is 1.52. The van der Waals surface area contributed by atoms with Crippen LogP contribution in [0.3, 0.4) is 0 Å². The summed E-state index contributed by atoms with van der Waals surface area (Å²) in [7, 11) is 0. The number of likely N-dealkylation sites (tertiary alicyclic amines) is 1. The Hall–Kier alpha value is -2.41. The minimum Gasteiger partial charge on any atom is -0.378 e. The van der Waals surface area contributed by atoms with Gasteiger partial charge in [0.05, 0.1) is 13.2 Å². The molecule has 1 aromatic heterocycles. The van der Waals surface area contributed by atoms with Gasteiger partial charge in [-0.15, -0.1) is 0 Å². The molecular weight excluding hydrogens is 308 g/mol. The molecule has 0 radical (unpaired) electrons. The molecule has 0 aliphatic carbocycles. The highest BCUT2D eigenvalue weighted by atomic mass is 16.5. The number of aromatic nitrogens is 2. The molecule has 126 valence electrons. The Labute approximate surface area is 140 Å². The van der Waals surface area contributed by atoms with E-state index >= 15 is 0 Å². The Morgan fingerprint density at radius 1 is 1.12 bits per heavy atom. The molecular formula is C17H20N4O3. The van der Waals surface area contributed by atoms with E-state index in [9.17, 15) is 4.79 Å². The van der Waals surface area contributed by atoms with E-state index in [0.29, 0.717) is 38.0 Å². The topological polar surface area (TPSA) is 71.7 Å². The second kappa shape index (κ2) is 6.60. The molecule has 0 saturated carbocycles. The maximum Gasteiger partial charge on any atom is 0.320 e. The summed E-state index contributed by atoms with van der Waals surface area (Å²) in [4.78, 5) is 21.0. The fourth-order valence-electron chi connectivity index (χ4n) is 3.26. The molecule has 1 atom stereocenters. The number of nitrogens with zero attached hydrogens (tertiary/aromatic N) is 4. The molecule has 0 unspecified atom stereocenters. The summed E-state index contributed by atoms with van der Waals surface area (Å²) >= 11 is 0. The number of carbonyl (C=O) groups is 1. The number of amides is 2. The first kappa shape index (κ1) is 15.1. The molecule has 3 heterocycles. The van der Waals surface area contributed by atoms with Crippen molar-refractivity contribution >= 4 is 6.03 Å². The lowest BCUT2D eigenvalue weighted by atomic mass is 10.2. The fourth-order valence-corrected chi connectivity index (χ4v) is 3.26. The van der Waals surface area contributed by atoms with Crippen molar-refractivity contribution in [1.82, 2.24) is 19.9 Å². The van der Waals surface area contributed by atoms with Crippen LogP contribution in [0.15, 0.2) is 34.9 Å². The zero-order valence-electron chi connectivity index (χ0n) is 13.4. The predicted octanol–water partition coefficient (Wildman–Crippen LogP) is 2.33. The van der Waals surface area contributed by atoms with Crippen LogP contribution < -0.4 is 0 Å². The highest BCUT2D eigenvalue weighted by molar-refractivity contribution is 5.75. The van der Waals surface area contributed by atoms with E-state index in [0.717, 1.165) is 24.9 Å². The van der Waals surface area contributed by atoms with E-state index in [4.69, 9.17) is 9.26 Å². The van der Waals surface area contributed by atoms with Gasteiger partial charge in [0.1, 0.15) is 6.04 Å². The van der Waals surface area contributed by atoms with Crippen molar-refractivity contribution in [2.45, 2.75) is 18.9 Å². The van der Waals surface area contributed by atoms with Crippen molar-refractivity contribution in [2.75, 3.05) is 32.8 Å². The molecule has 0 N–H and O–H groups in total. The number of hydrogen-bond acceptors (Lipinski definition) is 5. The predicted molar refractivity (Wildman–Crippen MR) is 86.2 cm³/mol. The summed E-state index contributed by atoms with van der Waals surface area (Å²) in [6.07, 6.45) is 1.80. The highest BCUT2D eigenvalue weighted by Gasteiger charge is 2.36. The molecule has 2 aromatic rings. The number of carbonyl (C=O) groups excluding carboxylic acids is 1. The largest absolute Gasteiger partial charge is 0.378 e. The van der Waals surface area contributed by atoms with E-state index in [1.807, 2.05) is 40.1 Å². The number of ether oxygens (including phenoxy) is 1. The maximum atomic E-state index is 12.8. The first-order chi connectivity index (χ1) is 11.8. The molecule has 24 heavy (non-hydrogen) atoms. The first-order valence-corrected chi connectivity index (χ1v) is 8.35. The standard InChI is InChI=1S/C17H20N4O3/c22-17(20-9-11-23-12-10-20)21-8-4-7-14(21)16-18-15(19-24-16)13-5-2-1-3-6-13/h1-3,5-6,14H,4,7-12H2/t14-/m1/s1. The van der Waals surface area contributed by atoms with Crippen LogP contribution in [-0.2, 0) is 4.74 Å². The highest BCUT2D eigenvalue weighted by Crippen LogP contribution is 2.32. The number of urea groups is 1. The van der Waals surface area contributed by atoms with E-state index in [-0.39, 0.29) is 12.1 Å². The van der Waals surface area contributed by atoms with Gasteiger partial charge in [0, 0.05) is 25.2 Å². The monoisotopic (exact) mass is 328 g/mol. The SMILES string of the molecule is O=C(N1CCOCC1)N1CCC[C@@H]1c1nc(-c2ccccc2)no1. The summed E-state index contributed by atoms with van der Waals surface area (Å²) in [5.41, 5.74) is 0.913. The third-order valence-electron chi connectivity index (χ3n) is 4.54. The molecule has 7 nitrogen and oxygen atoms in total. The number of hydrogen-bond donors (Lipinski definition) is 0. The van der Waals surface area contributed by atoms with E-state index < -0.39 is 0 Å². The third kappa shape index (κ3) is 2.87. The van der Waals surface area contributed by atoms with Gasteiger partial charge in [0.15, 0.2) is 0 Å². The lowest BCUT2D eigenvalue weighted by Gasteiger charge is -2.32. The van der Waals surface area contributed by atoms with Crippen molar-refractivity contribution in [1.29, 1.82) is 0 Å². The van der Waals surface area contributed by atoms with Crippen LogP contribution in [-0.4, -0.2) is 58.8 Å². The second-order valence-electron chi connectivity index (χ2n) is 6.06. The summed E-state index contributed by atoms with van der Waals surface area (Å²) in [5, 5.41) is 4.08. The Kier molecular flexibility index (Phi) is 4.17. The van der Waals surface area contributed by atoms with Gasteiger partial charge in [0.25, 0.3) is 0 Å². The van der Waals surface area contributed by atoms with Crippen LogP contribution >= 0.6 is 0 Å². The quantitative estimate of drug-likeness (QED) is 0.846. The van der Waals surface area contributed by atoms with Gasteiger partial charge in [-0.1, -0.05) is 35.5 Å². The molecule has 0 bridgehead atoms. The first-order valence-electron chi connectivity index (χ1n) is 8.35. The van der Waals surface area contributed by atoms with Crippen molar-refractivity contribution in [3.05, 3.63) is 36.2 Å². The molecule has 0 spiro atoms. The minimum absolute atomic E-state index is 0.0419. The third-order valence-corrected chi connectivity index (χ3v) is 4.54. The summed E-state index contributed by atoms with van der Waals surface area (Å²) in [5.74, 6) is 1.09. The van der Waals surface area contributed by atoms with Crippen LogP contribution in [0.25, 0.3) is 11.4 Å². The molecule has 7 heteroatoms. The van der Waals surface area contributed by atoms with E-state index in [1.165, 1.54) is 0 Å². The van der Waals surface area contributed by atoms with E-state index in [1.54, 1.807) is 0 Å². The van der Waals surface area contributed by atoms with Crippen molar-refractivity contribution < 1.29 is 14.1 Å². The van der Waals surface area contributed by atoms with Crippen molar-refractivity contribution in [3.8, 4) is 11.4 Å². The normalized spacial score (nSPS) is 21.2. The average Bonchev–Trinajstić information content (AvgIpc) is 3.32. The Morgan fingerprint density at radius 3 is 2.71 bits per heavy atom. The fraction of sp³-hybridized carbons (Fsp3) is 0.471. The maximum absolute atomic E-state index is 12.8. The summed E-state index contributed by atoms with van der Waals surface area (Å²) in [6, 6.07) is 9.62. The number of benzene rings is 1. The number of rotatable bonds is 2. The smallest absolute Gasteiger partial charge is 0.320 e. The van der Waals surface area contributed by atoms with Gasteiger partial charge < -0.3 is 19.1 Å².